The third-order valence-corrected chi connectivity index (χ3v) is 3.01. The van der Waals surface area contributed by atoms with Crippen molar-refractivity contribution in [1.82, 2.24) is 0 Å². The van der Waals surface area contributed by atoms with Gasteiger partial charge in [0, 0.05) is 12.8 Å². The van der Waals surface area contributed by atoms with Gasteiger partial charge in [0.05, 0.1) is 12.2 Å². The van der Waals surface area contributed by atoms with Crippen molar-refractivity contribution in [3.05, 3.63) is 53.6 Å². The van der Waals surface area contributed by atoms with Crippen molar-refractivity contribution in [2.24, 2.45) is 0 Å². The second kappa shape index (κ2) is 6.76. The zero-order valence-corrected chi connectivity index (χ0v) is 11.7. The molecule has 2 rings (SSSR count). The smallest absolute Gasteiger partial charge is 0.337 e. The van der Waals surface area contributed by atoms with Crippen LogP contribution < -0.4 is 10.5 Å². The van der Waals surface area contributed by atoms with Gasteiger partial charge in [0.25, 0.3) is 0 Å². The van der Waals surface area contributed by atoms with Crippen LogP contribution in [0.5, 0.6) is 11.5 Å². The zero-order chi connectivity index (χ0) is 15.2. The van der Waals surface area contributed by atoms with Crippen molar-refractivity contribution in [2.75, 3.05) is 19.5 Å². The van der Waals surface area contributed by atoms with Gasteiger partial charge >= 0.3 is 5.97 Å². The number of benzene rings is 2. The predicted molar refractivity (Wildman–Crippen MR) is 79.9 cm³/mol. The SMILES string of the molecule is COCCc1ccc(Oc2ccc(N)c(C(=O)O)c2)cc1. The molecule has 0 atom stereocenters. The molecule has 0 spiro atoms. The maximum Gasteiger partial charge on any atom is 0.337 e. The van der Waals surface area contributed by atoms with Gasteiger partial charge in [-0.1, -0.05) is 12.1 Å². The Labute approximate surface area is 122 Å². The average molecular weight is 287 g/mol. The molecule has 0 unspecified atom stereocenters. The molecule has 5 nitrogen and oxygen atoms in total. The second-order valence-corrected chi connectivity index (χ2v) is 4.54. The van der Waals surface area contributed by atoms with E-state index in [-0.39, 0.29) is 11.3 Å². The van der Waals surface area contributed by atoms with Gasteiger partial charge in [-0.2, -0.15) is 0 Å². The minimum absolute atomic E-state index is 0.0317. The van der Waals surface area contributed by atoms with E-state index in [1.165, 1.54) is 12.1 Å². The lowest BCUT2D eigenvalue weighted by Gasteiger charge is -2.09. The molecule has 0 saturated carbocycles. The molecule has 0 bridgehead atoms. The predicted octanol–water partition coefficient (Wildman–Crippen LogP) is 2.95. The fraction of sp³-hybridized carbons (Fsp3) is 0.188. The molecule has 0 radical (unpaired) electrons. The quantitative estimate of drug-likeness (QED) is 0.798. The Kier molecular flexibility index (Phi) is 4.79. The van der Waals surface area contributed by atoms with E-state index in [4.69, 9.17) is 20.3 Å². The van der Waals surface area contributed by atoms with Crippen molar-refractivity contribution in [1.29, 1.82) is 0 Å². The first-order valence-electron chi connectivity index (χ1n) is 6.48. The summed E-state index contributed by atoms with van der Waals surface area (Å²) in [5.41, 5.74) is 6.99. The minimum atomic E-state index is -1.08. The highest BCUT2D eigenvalue weighted by molar-refractivity contribution is 5.94. The van der Waals surface area contributed by atoms with Gasteiger partial charge in [0.2, 0.25) is 0 Å². The van der Waals surface area contributed by atoms with E-state index >= 15 is 0 Å². The third kappa shape index (κ3) is 3.97. The Morgan fingerprint density at radius 3 is 2.43 bits per heavy atom. The maximum atomic E-state index is 11.0. The van der Waals surface area contributed by atoms with Crippen LogP contribution in [0.25, 0.3) is 0 Å². The van der Waals surface area contributed by atoms with Crippen LogP contribution in [0.1, 0.15) is 15.9 Å². The van der Waals surface area contributed by atoms with E-state index < -0.39 is 5.97 Å². The van der Waals surface area contributed by atoms with Gasteiger partial charge in [-0.3, -0.25) is 0 Å². The largest absolute Gasteiger partial charge is 0.478 e. The summed E-state index contributed by atoms with van der Waals surface area (Å²) in [5.74, 6) is -0.00335. The number of carbonyl (C=O) groups is 1. The highest BCUT2D eigenvalue weighted by Crippen LogP contribution is 2.25. The Morgan fingerprint density at radius 2 is 1.81 bits per heavy atom. The molecule has 0 aliphatic heterocycles. The topological polar surface area (TPSA) is 81.8 Å². The van der Waals surface area contributed by atoms with E-state index in [1.54, 1.807) is 13.2 Å². The van der Waals surface area contributed by atoms with Gasteiger partial charge in [0.1, 0.15) is 11.5 Å². The summed E-state index contributed by atoms with van der Waals surface area (Å²) in [6, 6.07) is 12.1. The number of ether oxygens (including phenoxy) is 2. The van der Waals surface area contributed by atoms with Crippen LogP contribution in [-0.2, 0) is 11.2 Å². The summed E-state index contributed by atoms with van der Waals surface area (Å²) in [7, 11) is 1.67. The minimum Gasteiger partial charge on any atom is -0.478 e. The Morgan fingerprint density at radius 1 is 1.14 bits per heavy atom. The van der Waals surface area contributed by atoms with Gasteiger partial charge in [-0.15, -0.1) is 0 Å². The van der Waals surface area contributed by atoms with Crippen molar-refractivity contribution < 1.29 is 19.4 Å². The first-order valence-corrected chi connectivity index (χ1v) is 6.48. The molecule has 0 saturated heterocycles. The molecule has 5 heteroatoms. The highest BCUT2D eigenvalue weighted by atomic mass is 16.5. The summed E-state index contributed by atoms with van der Waals surface area (Å²) in [6.07, 6.45) is 0.835. The summed E-state index contributed by atoms with van der Waals surface area (Å²) >= 11 is 0. The van der Waals surface area contributed by atoms with Gasteiger partial charge in [-0.05, 0) is 42.3 Å². The number of hydrogen-bond acceptors (Lipinski definition) is 4. The van der Waals surface area contributed by atoms with E-state index in [0.717, 1.165) is 12.0 Å². The highest BCUT2D eigenvalue weighted by Gasteiger charge is 2.09. The maximum absolute atomic E-state index is 11.0. The lowest BCUT2D eigenvalue weighted by molar-refractivity contribution is 0.0697. The van der Waals surface area contributed by atoms with Gasteiger partial charge in [-0.25, -0.2) is 4.79 Å². The van der Waals surface area contributed by atoms with E-state index in [1.807, 2.05) is 24.3 Å². The monoisotopic (exact) mass is 287 g/mol. The van der Waals surface area contributed by atoms with Gasteiger partial charge in [0.15, 0.2) is 0 Å². The second-order valence-electron chi connectivity index (χ2n) is 4.54. The summed E-state index contributed by atoms with van der Waals surface area (Å²) < 4.78 is 10.7. The molecule has 0 aliphatic rings. The molecule has 0 fully saturated rings. The molecule has 110 valence electrons. The molecule has 0 aromatic heterocycles. The van der Waals surface area contributed by atoms with E-state index in [9.17, 15) is 4.79 Å². The molecule has 21 heavy (non-hydrogen) atoms. The molecule has 0 aliphatic carbocycles. The fourth-order valence-corrected chi connectivity index (χ4v) is 1.86. The van der Waals surface area contributed by atoms with Crippen molar-refractivity contribution >= 4 is 11.7 Å². The average Bonchev–Trinajstić information content (AvgIpc) is 2.48. The summed E-state index contributed by atoms with van der Waals surface area (Å²) in [5, 5.41) is 9.03. The van der Waals surface area contributed by atoms with Crippen LogP contribution in [0.2, 0.25) is 0 Å². The number of nitrogen functional groups attached to an aromatic ring is 1. The first-order chi connectivity index (χ1) is 10.1. The lowest BCUT2D eigenvalue weighted by Crippen LogP contribution is -2.02. The fourth-order valence-electron chi connectivity index (χ4n) is 1.86. The number of methoxy groups -OCH3 is 1. The zero-order valence-electron chi connectivity index (χ0n) is 11.7. The molecule has 0 heterocycles. The molecule has 2 aromatic rings. The number of carboxylic acids is 1. The van der Waals surface area contributed by atoms with Crippen LogP contribution in [0.3, 0.4) is 0 Å². The van der Waals surface area contributed by atoms with Crippen LogP contribution in [0, 0.1) is 0 Å². The van der Waals surface area contributed by atoms with Crippen LogP contribution in [-0.4, -0.2) is 24.8 Å². The normalized spacial score (nSPS) is 10.3. The summed E-state index contributed by atoms with van der Waals surface area (Å²) in [4.78, 5) is 11.0. The Bertz CT molecular complexity index is 623. The van der Waals surface area contributed by atoms with Gasteiger partial charge < -0.3 is 20.3 Å². The molecule has 3 N–H and O–H groups in total. The number of carboxylic acid groups (broad SMARTS) is 1. The number of anilines is 1. The molecule has 2 aromatic carbocycles. The van der Waals surface area contributed by atoms with E-state index in [2.05, 4.69) is 0 Å². The molecular weight excluding hydrogens is 270 g/mol. The number of rotatable bonds is 6. The van der Waals surface area contributed by atoms with Crippen LogP contribution >= 0.6 is 0 Å². The number of hydrogen-bond donors (Lipinski definition) is 2. The lowest BCUT2D eigenvalue weighted by atomic mass is 10.1. The van der Waals surface area contributed by atoms with Crippen LogP contribution in [0.15, 0.2) is 42.5 Å². The Hall–Kier alpha value is -2.53. The Balaban J connectivity index is 2.11. The standard InChI is InChI=1S/C16H17NO4/c1-20-9-8-11-2-4-12(5-3-11)21-13-6-7-15(17)14(10-13)16(18)19/h2-7,10H,8-9,17H2,1H3,(H,18,19). The first kappa shape index (κ1) is 14.9. The van der Waals surface area contributed by atoms with Crippen molar-refractivity contribution in [2.45, 2.75) is 6.42 Å². The molecular formula is C16H17NO4. The third-order valence-electron chi connectivity index (χ3n) is 3.01. The van der Waals surface area contributed by atoms with Crippen LogP contribution in [0.4, 0.5) is 5.69 Å². The molecule has 0 amide bonds. The summed E-state index contributed by atoms with van der Waals surface area (Å²) in [6.45, 7) is 0.667. The van der Waals surface area contributed by atoms with E-state index in [0.29, 0.717) is 18.1 Å². The number of nitrogens with two attached hydrogens (primary N) is 1. The van der Waals surface area contributed by atoms with Crippen molar-refractivity contribution in [3.8, 4) is 11.5 Å². The van der Waals surface area contributed by atoms with Crippen molar-refractivity contribution in [3.63, 3.8) is 0 Å². The number of aromatic carboxylic acids is 1.